The number of benzene rings is 1. The van der Waals surface area contributed by atoms with Crippen LogP contribution in [0.25, 0.3) is 0 Å². The Morgan fingerprint density at radius 3 is 3.05 bits per heavy atom. The predicted octanol–water partition coefficient (Wildman–Crippen LogP) is 1.84. The third-order valence-corrected chi connectivity index (χ3v) is 4.08. The molecule has 4 nitrogen and oxygen atoms in total. The first kappa shape index (κ1) is 12.4. The Labute approximate surface area is 113 Å². The molecule has 0 aliphatic heterocycles. The molecule has 1 heterocycles. The van der Waals surface area contributed by atoms with Gasteiger partial charge in [0.15, 0.2) is 0 Å². The third kappa shape index (κ3) is 2.40. The molecule has 1 N–H and O–H groups in total. The largest absolute Gasteiger partial charge is 0.392 e. The van der Waals surface area contributed by atoms with Crippen molar-refractivity contribution in [3.63, 3.8) is 0 Å². The number of hydrogen-bond donors (Lipinski definition) is 1. The molecule has 1 aliphatic rings. The minimum absolute atomic E-state index is 0.224. The second-order valence-electron chi connectivity index (χ2n) is 5.27. The molecule has 100 valence electrons. The molecule has 1 aromatic carbocycles. The van der Waals surface area contributed by atoms with Gasteiger partial charge in [-0.2, -0.15) is 5.10 Å². The van der Waals surface area contributed by atoms with Gasteiger partial charge in [-0.3, -0.25) is 4.68 Å². The molecule has 0 fully saturated rings. The van der Waals surface area contributed by atoms with E-state index in [1.54, 1.807) is 4.68 Å². The number of hydrogen-bond acceptors (Lipinski definition) is 3. The van der Waals surface area contributed by atoms with E-state index < -0.39 is 0 Å². The van der Waals surface area contributed by atoms with Crippen LogP contribution in [-0.4, -0.2) is 26.0 Å². The monoisotopic (exact) mass is 257 g/mol. The lowest BCUT2D eigenvalue weighted by molar-refractivity contribution is 0.131. The first-order chi connectivity index (χ1) is 9.25. The van der Waals surface area contributed by atoms with Crippen molar-refractivity contribution in [3.8, 4) is 0 Å². The highest BCUT2D eigenvalue weighted by atomic mass is 16.3. The van der Waals surface area contributed by atoms with Crippen molar-refractivity contribution >= 4 is 0 Å². The molecular formula is C15H19N3O. The molecule has 3 rings (SSSR count). The van der Waals surface area contributed by atoms with E-state index in [0.717, 1.165) is 25.1 Å². The van der Waals surface area contributed by atoms with Crippen LogP contribution < -0.4 is 0 Å². The van der Waals surface area contributed by atoms with E-state index in [9.17, 15) is 5.11 Å². The zero-order valence-corrected chi connectivity index (χ0v) is 11.2. The van der Waals surface area contributed by atoms with Gasteiger partial charge in [-0.25, -0.2) is 4.98 Å². The average molecular weight is 257 g/mol. The summed E-state index contributed by atoms with van der Waals surface area (Å²) >= 11 is 0. The zero-order chi connectivity index (χ0) is 13.2. The molecule has 0 radical (unpaired) electrons. The van der Waals surface area contributed by atoms with Gasteiger partial charge in [-0.1, -0.05) is 24.3 Å². The summed E-state index contributed by atoms with van der Waals surface area (Å²) in [5, 5.41) is 14.6. The number of rotatable bonds is 3. The average Bonchev–Trinajstić information content (AvgIpc) is 2.83. The van der Waals surface area contributed by atoms with E-state index in [0.29, 0.717) is 6.42 Å². The Bertz CT molecular complexity index is 564. The van der Waals surface area contributed by atoms with E-state index in [4.69, 9.17) is 0 Å². The van der Waals surface area contributed by atoms with E-state index in [-0.39, 0.29) is 12.0 Å². The molecule has 0 saturated carbocycles. The van der Waals surface area contributed by atoms with Gasteiger partial charge in [0.25, 0.3) is 0 Å². The van der Waals surface area contributed by atoms with Crippen LogP contribution >= 0.6 is 0 Å². The first-order valence-electron chi connectivity index (χ1n) is 6.84. The molecule has 0 bridgehead atoms. The van der Waals surface area contributed by atoms with Crippen molar-refractivity contribution in [2.45, 2.75) is 37.7 Å². The fraction of sp³-hybridized carbons (Fsp3) is 0.467. The first-order valence-corrected chi connectivity index (χ1v) is 6.84. The fourth-order valence-corrected chi connectivity index (χ4v) is 3.03. The van der Waals surface area contributed by atoms with Gasteiger partial charge in [0.2, 0.25) is 0 Å². The van der Waals surface area contributed by atoms with E-state index in [2.05, 4.69) is 34.3 Å². The van der Waals surface area contributed by atoms with Crippen molar-refractivity contribution in [2.24, 2.45) is 7.05 Å². The summed E-state index contributed by atoms with van der Waals surface area (Å²) in [5.74, 6) is 1.07. The summed E-state index contributed by atoms with van der Waals surface area (Å²) in [5.41, 5.74) is 2.69. The molecule has 0 saturated heterocycles. The lowest BCUT2D eigenvalue weighted by Gasteiger charge is -2.29. The minimum Gasteiger partial charge on any atom is -0.392 e. The Hall–Kier alpha value is -1.68. The molecule has 4 heteroatoms. The summed E-state index contributed by atoms with van der Waals surface area (Å²) in [6.07, 6.45) is 5.05. The Morgan fingerprint density at radius 2 is 2.26 bits per heavy atom. The zero-order valence-electron chi connectivity index (χ0n) is 11.2. The number of nitrogens with zero attached hydrogens (tertiary/aromatic N) is 3. The second kappa shape index (κ2) is 5.13. The number of aromatic nitrogens is 3. The molecule has 2 unspecified atom stereocenters. The third-order valence-electron chi connectivity index (χ3n) is 4.08. The van der Waals surface area contributed by atoms with E-state index in [1.807, 2.05) is 7.05 Å². The summed E-state index contributed by atoms with van der Waals surface area (Å²) in [6.45, 7) is 0. The van der Waals surface area contributed by atoms with Crippen molar-refractivity contribution < 1.29 is 5.11 Å². The van der Waals surface area contributed by atoms with Crippen LogP contribution in [0, 0.1) is 0 Å². The fourth-order valence-electron chi connectivity index (χ4n) is 3.03. The summed E-state index contributed by atoms with van der Waals surface area (Å²) in [6, 6.07) is 8.47. The van der Waals surface area contributed by atoms with E-state index in [1.165, 1.54) is 17.5 Å². The van der Waals surface area contributed by atoms with Crippen LogP contribution in [0.5, 0.6) is 0 Å². The summed E-state index contributed by atoms with van der Waals surface area (Å²) < 4.78 is 1.73. The number of fused-ring (bicyclic) bond motifs is 1. The van der Waals surface area contributed by atoms with Crippen molar-refractivity contribution in [2.75, 3.05) is 0 Å². The van der Waals surface area contributed by atoms with Crippen molar-refractivity contribution in [1.29, 1.82) is 0 Å². The van der Waals surface area contributed by atoms with Crippen LogP contribution in [0.15, 0.2) is 30.6 Å². The van der Waals surface area contributed by atoms with Gasteiger partial charge >= 0.3 is 0 Å². The molecule has 19 heavy (non-hydrogen) atoms. The summed E-state index contributed by atoms with van der Waals surface area (Å²) in [4.78, 5) is 4.20. The molecule has 2 aromatic rings. The van der Waals surface area contributed by atoms with Crippen LogP contribution in [0.2, 0.25) is 0 Å². The second-order valence-corrected chi connectivity index (χ2v) is 5.27. The van der Waals surface area contributed by atoms with Crippen LogP contribution in [0.3, 0.4) is 0 Å². The Balaban J connectivity index is 1.81. The number of aliphatic hydroxyl groups is 1. The molecular weight excluding hydrogens is 238 g/mol. The smallest absolute Gasteiger partial charge is 0.138 e. The Morgan fingerprint density at radius 1 is 1.42 bits per heavy atom. The highest BCUT2D eigenvalue weighted by molar-refractivity contribution is 5.33. The molecule has 1 aliphatic carbocycles. The van der Waals surface area contributed by atoms with Gasteiger partial charge in [-0.15, -0.1) is 0 Å². The lowest BCUT2D eigenvalue weighted by atomic mass is 9.79. The van der Waals surface area contributed by atoms with Gasteiger partial charge in [-0.05, 0) is 30.4 Å². The molecule has 1 aromatic heterocycles. The molecule has 2 atom stereocenters. The SMILES string of the molecule is Cn1ncnc1CC(O)C1CCCc2ccccc21. The van der Waals surface area contributed by atoms with Gasteiger partial charge in [0, 0.05) is 19.4 Å². The van der Waals surface area contributed by atoms with Crippen LogP contribution in [0.4, 0.5) is 0 Å². The maximum atomic E-state index is 10.5. The van der Waals surface area contributed by atoms with Crippen molar-refractivity contribution in [3.05, 3.63) is 47.5 Å². The lowest BCUT2D eigenvalue weighted by Crippen LogP contribution is -2.26. The number of aryl methyl sites for hydroxylation is 2. The number of aliphatic hydroxyl groups excluding tert-OH is 1. The van der Waals surface area contributed by atoms with Crippen molar-refractivity contribution in [1.82, 2.24) is 14.8 Å². The quantitative estimate of drug-likeness (QED) is 0.912. The highest BCUT2D eigenvalue weighted by Gasteiger charge is 2.27. The maximum absolute atomic E-state index is 10.5. The minimum atomic E-state index is -0.385. The maximum Gasteiger partial charge on any atom is 0.138 e. The normalized spacial score (nSPS) is 20.0. The standard InChI is InChI=1S/C15H19N3O/c1-18-15(16-10-17-18)9-14(19)13-8-4-6-11-5-2-3-7-12(11)13/h2-3,5,7,10,13-14,19H,4,6,8-9H2,1H3. The van der Waals surface area contributed by atoms with Gasteiger partial charge < -0.3 is 5.11 Å². The molecule has 0 amide bonds. The topological polar surface area (TPSA) is 50.9 Å². The summed E-state index contributed by atoms with van der Waals surface area (Å²) in [7, 11) is 1.86. The van der Waals surface area contributed by atoms with Gasteiger partial charge in [0.1, 0.15) is 12.2 Å². The van der Waals surface area contributed by atoms with Crippen LogP contribution in [0.1, 0.15) is 35.7 Å². The van der Waals surface area contributed by atoms with Gasteiger partial charge in [0.05, 0.1) is 6.10 Å². The molecule has 0 spiro atoms. The van der Waals surface area contributed by atoms with E-state index >= 15 is 0 Å². The van der Waals surface area contributed by atoms with Crippen LogP contribution in [-0.2, 0) is 19.9 Å². The Kier molecular flexibility index (Phi) is 3.34. The highest BCUT2D eigenvalue weighted by Crippen LogP contribution is 2.34. The predicted molar refractivity (Wildman–Crippen MR) is 72.8 cm³/mol.